The third-order valence-corrected chi connectivity index (χ3v) is 3.66. The van der Waals surface area contributed by atoms with Crippen LogP contribution in [-0.2, 0) is 6.42 Å². The lowest BCUT2D eigenvalue weighted by molar-refractivity contribution is 0.277. The minimum absolute atomic E-state index is 0.599. The molecule has 4 nitrogen and oxygen atoms in total. The van der Waals surface area contributed by atoms with Crippen LogP contribution in [0.25, 0.3) is 11.1 Å². The van der Waals surface area contributed by atoms with Gasteiger partial charge in [0.15, 0.2) is 12.0 Å². The van der Waals surface area contributed by atoms with Gasteiger partial charge in [0.05, 0.1) is 0 Å². The van der Waals surface area contributed by atoms with Gasteiger partial charge in [0.1, 0.15) is 5.52 Å². The van der Waals surface area contributed by atoms with Crippen molar-refractivity contribution in [3.63, 3.8) is 0 Å². The van der Waals surface area contributed by atoms with E-state index in [2.05, 4.69) is 36.0 Å². The van der Waals surface area contributed by atoms with Gasteiger partial charge >= 0.3 is 0 Å². The van der Waals surface area contributed by atoms with E-state index in [1.807, 2.05) is 6.07 Å². The third kappa shape index (κ3) is 3.78. The lowest BCUT2D eigenvalue weighted by Gasteiger charge is -2.22. The molecular formula is C15H23N3O. The van der Waals surface area contributed by atoms with Crippen molar-refractivity contribution in [2.75, 3.05) is 26.7 Å². The summed E-state index contributed by atoms with van der Waals surface area (Å²) < 4.78 is 5.32. The second kappa shape index (κ2) is 6.68. The van der Waals surface area contributed by atoms with Gasteiger partial charge in [0, 0.05) is 13.1 Å². The second-order valence-corrected chi connectivity index (χ2v) is 5.18. The van der Waals surface area contributed by atoms with Gasteiger partial charge in [-0.3, -0.25) is 0 Å². The topological polar surface area (TPSA) is 55.3 Å². The molecule has 2 aromatic rings. The Morgan fingerprint density at radius 1 is 1.42 bits per heavy atom. The standard InChI is InChI=1S/C15H23N3O/c1-3-12(9-16)10-18(2)7-6-13-4-5-14-15(8-13)19-11-17-14/h4-5,8,11-12H,3,6-7,9-10,16H2,1-2H3. The fraction of sp³-hybridized carbons (Fsp3) is 0.533. The number of benzene rings is 1. The number of oxazole rings is 1. The summed E-state index contributed by atoms with van der Waals surface area (Å²) in [5, 5.41) is 0. The molecule has 104 valence electrons. The van der Waals surface area contributed by atoms with E-state index in [0.29, 0.717) is 5.92 Å². The molecule has 0 fully saturated rings. The van der Waals surface area contributed by atoms with Crippen LogP contribution in [0.4, 0.5) is 0 Å². The molecule has 1 unspecified atom stereocenters. The van der Waals surface area contributed by atoms with Crippen LogP contribution in [0.15, 0.2) is 29.0 Å². The molecule has 1 atom stereocenters. The van der Waals surface area contributed by atoms with Gasteiger partial charge in [0.2, 0.25) is 0 Å². The van der Waals surface area contributed by atoms with Crippen LogP contribution in [0.3, 0.4) is 0 Å². The highest BCUT2D eigenvalue weighted by Crippen LogP contribution is 2.15. The molecule has 0 saturated heterocycles. The number of aromatic nitrogens is 1. The average Bonchev–Trinajstić information content (AvgIpc) is 2.89. The summed E-state index contributed by atoms with van der Waals surface area (Å²) in [7, 11) is 2.16. The number of hydrogen-bond acceptors (Lipinski definition) is 4. The Morgan fingerprint density at radius 2 is 2.26 bits per heavy atom. The van der Waals surface area contributed by atoms with E-state index in [1.54, 1.807) is 0 Å². The van der Waals surface area contributed by atoms with Gasteiger partial charge < -0.3 is 15.1 Å². The molecule has 0 aliphatic rings. The molecule has 0 amide bonds. The van der Waals surface area contributed by atoms with E-state index in [9.17, 15) is 0 Å². The van der Waals surface area contributed by atoms with Crippen LogP contribution in [-0.4, -0.2) is 36.6 Å². The fourth-order valence-electron chi connectivity index (χ4n) is 2.28. The zero-order valence-corrected chi connectivity index (χ0v) is 11.8. The molecule has 0 spiro atoms. The van der Waals surface area contributed by atoms with E-state index in [1.165, 1.54) is 12.0 Å². The second-order valence-electron chi connectivity index (χ2n) is 5.18. The Kier molecular flexibility index (Phi) is 4.93. The van der Waals surface area contributed by atoms with E-state index in [4.69, 9.17) is 10.2 Å². The Balaban J connectivity index is 1.87. The Morgan fingerprint density at radius 3 is 3.00 bits per heavy atom. The lowest BCUT2D eigenvalue weighted by Crippen LogP contribution is -2.31. The van der Waals surface area contributed by atoms with Crippen LogP contribution in [0.5, 0.6) is 0 Å². The minimum Gasteiger partial charge on any atom is -0.443 e. The van der Waals surface area contributed by atoms with Crippen LogP contribution in [0.2, 0.25) is 0 Å². The van der Waals surface area contributed by atoms with Gasteiger partial charge in [-0.25, -0.2) is 4.98 Å². The van der Waals surface area contributed by atoms with Gasteiger partial charge in [-0.1, -0.05) is 19.4 Å². The zero-order chi connectivity index (χ0) is 13.7. The molecule has 0 saturated carbocycles. The highest BCUT2D eigenvalue weighted by molar-refractivity contribution is 5.72. The van der Waals surface area contributed by atoms with Gasteiger partial charge in [0.25, 0.3) is 0 Å². The predicted octanol–water partition coefficient (Wildman–Crippen LogP) is 2.29. The normalized spacial score (nSPS) is 13.3. The molecule has 0 aliphatic heterocycles. The van der Waals surface area contributed by atoms with E-state index >= 15 is 0 Å². The quantitative estimate of drug-likeness (QED) is 0.831. The van der Waals surface area contributed by atoms with Crippen molar-refractivity contribution >= 4 is 11.1 Å². The summed E-state index contributed by atoms with van der Waals surface area (Å²) in [4.78, 5) is 6.48. The Labute approximate surface area is 114 Å². The maximum absolute atomic E-state index is 5.74. The predicted molar refractivity (Wildman–Crippen MR) is 78.0 cm³/mol. The van der Waals surface area contributed by atoms with Crippen molar-refractivity contribution in [3.8, 4) is 0 Å². The summed E-state index contributed by atoms with van der Waals surface area (Å²) in [6.07, 6.45) is 3.66. The first kappa shape index (κ1) is 14.0. The van der Waals surface area contributed by atoms with Crippen LogP contribution in [0, 0.1) is 5.92 Å². The molecule has 0 aliphatic carbocycles. The molecule has 2 N–H and O–H groups in total. The average molecular weight is 261 g/mol. The van der Waals surface area contributed by atoms with Crippen molar-refractivity contribution in [2.24, 2.45) is 11.7 Å². The van der Waals surface area contributed by atoms with E-state index in [-0.39, 0.29) is 0 Å². The molecule has 19 heavy (non-hydrogen) atoms. The molecule has 0 bridgehead atoms. The van der Waals surface area contributed by atoms with E-state index in [0.717, 1.165) is 43.6 Å². The number of likely N-dealkylation sites (N-methyl/N-ethyl adjacent to an activating group) is 1. The van der Waals surface area contributed by atoms with Crippen molar-refractivity contribution in [1.29, 1.82) is 0 Å². The molecule has 4 heteroatoms. The Hall–Kier alpha value is -1.39. The summed E-state index contributed by atoms with van der Waals surface area (Å²) >= 11 is 0. The van der Waals surface area contributed by atoms with Crippen LogP contribution < -0.4 is 5.73 Å². The lowest BCUT2D eigenvalue weighted by atomic mass is 10.1. The van der Waals surface area contributed by atoms with Gasteiger partial charge in [-0.2, -0.15) is 0 Å². The number of nitrogens with two attached hydrogens (primary N) is 1. The monoisotopic (exact) mass is 261 g/mol. The first-order valence-corrected chi connectivity index (χ1v) is 6.93. The first-order chi connectivity index (χ1) is 9.22. The maximum Gasteiger partial charge on any atom is 0.181 e. The van der Waals surface area contributed by atoms with Crippen molar-refractivity contribution in [3.05, 3.63) is 30.2 Å². The minimum atomic E-state index is 0.599. The van der Waals surface area contributed by atoms with Crippen molar-refractivity contribution in [1.82, 2.24) is 9.88 Å². The summed E-state index contributed by atoms with van der Waals surface area (Å²) in [5.41, 5.74) is 8.82. The molecule has 1 heterocycles. The third-order valence-electron chi connectivity index (χ3n) is 3.66. The molecule has 0 radical (unpaired) electrons. The van der Waals surface area contributed by atoms with Crippen molar-refractivity contribution < 1.29 is 4.42 Å². The number of fused-ring (bicyclic) bond motifs is 1. The molecular weight excluding hydrogens is 238 g/mol. The Bertz CT molecular complexity index is 505. The highest BCUT2D eigenvalue weighted by atomic mass is 16.3. The first-order valence-electron chi connectivity index (χ1n) is 6.93. The van der Waals surface area contributed by atoms with E-state index < -0.39 is 0 Å². The smallest absolute Gasteiger partial charge is 0.181 e. The van der Waals surface area contributed by atoms with Crippen LogP contribution >= 0.6 is 0 Å². The highest BCUT2D eigenvalue weighted by Gasteiger charge is 2.08. The van der Waals surface area contributed by atoms with Crippen molar-refractivity contribution in [2.45, 2.75) is 19.8 Å². The van der Waals surface area contributed by atoms with Gasteiger partial charge in [-0.15, -0.1) is 0 Å². The summed E-state index contributed by atoms with van der Waals surface area (Å²) in [5.74, 6) is 0.599. The zero-order valence-electron chi connectivity index (χ0n) is 11.8. The summed E-state index contributed by atoms with van der Waals surface area (Å²) in [6.45, 7) is 5.07. The summed E-state index contributed by atoms with van der Waals surface area (Å²) in [6, 6.07) is 6.22. The number of rotatable bonds is 7. The molecule has 2 rings (SSSR count). The molecule has 1 aromatic heterocycles. The fourth-order valence-corrected chi connectivity index (χ4v) is 2.28. The SMILES string of the molecule is CCC(CN)CN(C)CCc1ccc2ncoc2c1. The number of nitrogens with zero attached hydrogens (tertiary/aromatic N) is 2. The largest absolute Gasteiger partial charge is 0.443 e. The number of hydrogen-bond donors (Lipinski definition) is 1. The van der Waals surface area contributed by atoms with Gasteiger partial charge in [-0.05, 0) is 43.6 Å². The van der Waals surface area contributed by atoms with Crippen LogP contribution in [0.1, 0.15) is 18.9 Å². The molecule has 1 aromatic carbocycles. The maximum atomic E-state index is 5.74.